The van der Waals surface area contributed by atoms with Crippen molar-refractivity contribution < 1.29 is 22.7 Å². The molecule has 32 heavy (non-hydrogen) atoms. The standard InChI is InChI=1S/C24H26N2O5S/c1-17(18-8-6-5-7-9-18)25-24(27)19-10-12-20(13-11-19)26(2)32(28,29)21-14-15-22(30-3)23(16-21)31-4/h5-17H,1-4H3,(H,25,27)/t17-/m0/s1. The van der Waals surface area contributed by atoms with Crippen LogP contribution in [0.4, 0.5) is 5.69 Å². The van der Waals surface area contributed by atoms with Crippen LogP contribution in [0.25, 0.3) is 0 Å². The van der Waals surface area contributed by atoms with Gasteiger partial charge in [-0.25, -0.2) is 8.42 Å². The van der Waals surface area contributed by atoms with Gasteiger partial charge in [0.25, 0.3) is 15.9 Å². The van der Waals surface area contributed by atoms with Crippen molar-refractivity contribution in [1.82, 2.24) is 5.32 Å². The zero-order chi connectivity index (χ0) is 23.3. The first-order valence-corrected chi connectivity index (χ1v) is 11.4. The van der Waals surface area contributed by atoms with E-state index < -0.39 is 10.0 Å². The molecule has 0 saturated carbocycles. The molecule has 0 bridgehead atoms. The molecule has 0 radical (unpaired) electrons. The highest BCUT2D eigenvalue weighted by molar-refractivity contribution is 7.92. The lowest BCUT2D eigenvalue weighted by atomic mass is 10.1. The van der Waals surface area contributed by atoms with E-state index in [4.69, 9.17) is 9.47 Å². The van der Waals surface area contributed by atoms with Crippen molar-refractivity contribution in [3.63, 3.8) is 0 Å². The van der Waals surface area contributed by atoms with Crippen LogP contribution < -0.4 is 19.1 Å². The van der Waals surface area contributed by atoms with Gasteiger partial charge in [0, 0.05) is 18.7 Å². The Hall–Kier alpha value is -3.52. The molecule has 0 spiro atoms. The van der Waals surface area contributed by atoms with Crippen molar-refractivity contribution in [2.75, 3.05) is 25.6 Å². The molecule has 3 rings (SSSR count). The second kappa shape index (κ2) is 9.74. The van der Waals surface area contributed by atoms with Gasteiger partial charge < -0.3 is 14.8 Å². The molecular weight excluding hydrogens is 428 g/mol. The molecular formula is C24H26N2O5S. The van der Waals surface area contributed by atoms with Gasteiger partial charge in [-0.2, -0.15) is 0 Å². The molecule has 7 nitrogen and oxygen atoms in total. The summed E-state index contributed by atoms with van der Waals surface area (Å²) in [5.74, 6) is 0.522. The van der Waals surface area contributed by atoms with Crippen LogP contribution in [0.15, 0.2) is 77.7 Å². The number of methoxy groups -OCH3 is 2. The molecule has 0 aromatic heterocycles. The Kier molecular flexibility index (Phi) is 7.05. The third-order valence-corrected chi connectivity index (χ3v) is 6.94. The summed E-state index contributed by atoms with van der Waals surface area (Å²) in [6.07, 6.45) is 0. The predicted molar refractivity (Wildman–Crippen MR) is 124 cm³/mol. The summed E-state index contributed by atoms with van der Waals surface area (Å²) < 4.78 is 37.7. The van der Waals surface area contributed by atoms with Crippen LogP contribution in [-0.4, -0.2) is 35.6 Å². The van der Waals surface area contributed by atoms with E-state index in [-0.39, 0.29) is 16.8 Å². The van der Waals surface area contributed by atoms with E-state index in [1.165, 1.54) is 33.4 Å². The number of carbonyl (C=O) groups is 1. The third kappa shape index (κ3) is 4.86. The monoisotopic (exact) mass is 454 g/mol. The number of anilines is 1. The van der Waals surface area contributed by atoms with Crippen molar-refractivity contribution >= 4 is 21.6 Å². The SMILES string of the molecule is COc1ccc(S(=O)(=O)N(C)c2ccc(C(=O)N[C@@H](C)c3ccccc3)cc2)cc1OC. The van der Waals surface area contributed by atoms with Gasteiger partial charge in [-0.15, -0.1) is 0 Å². The number of sulfonamides is 1. The van der Waals surface area contributed by atoms with Gasteiger partial charge in [0.2, 0.25) is 0 Å². The molecule has 1 N–H and O–H groups in total. The topological polar surface area (TPSA) is 84.9 Å². The van der Waals surface area contributed by atoms with E-state index in [2.05, 4.69) is 5.32 Å². The van der Waals surface area contributed by atoms with E-state index in [0.29, 0.717) is 22.7 Å². The summed E-state index contributed by atoms with van der Waals surface area (Å²) >= 11 is 0. The van der Waals surface area contributed by atoms with Gasteiger partial charge in [-0.3, -0.25) is 9.10 Å². The number of nitrogens with zero attached hydrogens (tertiary/aromatic N) is 1. The van der Waals surface area contributed by atoms with Crippen molar-refractivity contribution in [3.8, 4) is 11.5 Å². The highest BCUT2D eigenvalue weighted by Crippen LogP contribution is 2.31. The number of rotatable bonds is 8. The summed E-state index contributed by atoms with van der Waals surface area (Å²) in [5.41, 5.74) is 1.86. The van der Waals surface area contributed by atoms with Crippen molar-refractivity contribution in [2.45, 2.75) is 17.9 Å². The Morgan fingerprint density at radius 2 is 1.53 bits per heavy atom. The molecule has 8 heteroatoms. The zero-order valence-electron chi connectivity index (χ0n) is 18.4. The molecule has 0 saturated heterocycles. The maximum atomic E-state index is 13.1. The molecule has 1 atom stereocenters. The molecule has 0 unspecified atom stereocenters. The summed E-state index contributed by atoms with van der Waals surface area (Å²) in [6.45, 7) is 1.91. The number of carbonyl (C=O) groups excluding carboxylic acids is 1. The minimum absolute atomic E-state index is 0.0659. The molecule has 1 amide bonds. The predicted octanol–water partition coefficient (Wildman–Crippen LogP) is 4.02. The van der Waals surface area contributed by atoms with Crippen LogP contribution in [-0.2, 0) is 10.0 Å². The number of hydrogen-bond donors (Lipinski definition) is 1. The van der Waals surface area contributed by atoms with E-state index in [1.807, 2.05) is 37.3 Å². The Labute approximate surface area is 188 Å². The number of benzene rings is 3. The van der Waals surface area contributed by atoms with Crippen LogP contribution >= 0.6 is 0 Å². The molecule has 0 aliphatic carbocycles. The molecule has 168 valence electrons. The highest BCUT2D eigenvalue weighted by Gasteiger charge is 2.23. The fourth-order valence-corrected chi connectivity index (χ4v) is 4.41. The Bertz CT molecular complexity index is 1180. The number of nitrogens with one attached hydrogen (secondary N) is 1. The maximum absolute atomic E-state index is 13.1. The summed E-state index contributed by atoms with van der Waals surface area (Å²) in [6, 6.07) is 20.3. The molecule has 0 aliphatic heterocycles. The van der Waals surface area contributed by atoms with Crippen molar-refractivity contribution in [2.24, 2.45) is 0 Å². The van der Waals surface area contributed by atoms with Crippen molar-refractivity contribution in [3.05, 3.63) is 83.9 Å². The normalized spacial score (nSPS) is 12.0. The largest absolute Gasteiger partial charge is 0.493 e. The molecule has 0 heterocycles. The average Bonchev–Trinajstić information content (AvgIpc) is 2.83. The highest BCUT2D eigenvalue weighted by atomic mass is 32.2. The van der Waals surface area contributed by atoms with Gasteiger partial charge >= 0.3 is 0 Å². The fraction of sp³-hybridized carbons (Fsp3) is 0.208. The average molecular weight is 455 g/mol. The lowest BCUT2D eigenvalue weighted by molar-refractivity contribution is 0.0940. The molecule has 0 fully saturated rings. The number of hydrogen-bond acceptors (Lipinski definition) is 5. The Morgan fingerprint density at radius 1 is 0.906 bits per heavy atom. The van der Waals surface area contributed by atoms with Crippen LogP contribution in [0.3, 0.4) is 0 Å². The lowest BCUT2D eigenvalue weighted by Gasteiger charge is -2.21. The Morgan fingerprint density at radius 3 is 2.12 bits per heavy atom. The number of amides is 1. The second-order valence-corrected chi connectivity index (χ2v) is 9.11. The summed E-state index contributed by atoms with van der Waals surface area (Å²) in [4.78, 5) is 12.7. The van der Waals surface area contributed by atoms with E-state index in [0.717, 1.165) is 9.87 Å². The first-order chi connectivity index (χ1) is 15.3. The fourth-order valence-electron chi connectivity index (χ4n) is 3.20. The first kappa shape index (κ1) is 23.1. The number of ether oxygens (including phenoxy) is 2. The van der Waals surface area contributed by atoms with Gasteiger partial charge in [0.05, 0.1) is 30.8 Å². The van der Waals surface area contributed by atoms with E-state index in [9.17, 15) is 13.2 Å². The van der Waals surface area contributed by atoms with Gasteiger partial charge in [0.15, 0.2) is 11.5 Å². The van der Waals surface area contributed by atoms with Gasteiger partial charge in [0.1, 0.15) is 0 Å². The van der Waals surface area contributed by atoms with Crippen LogP contribution in [0, 0.1) is 0 Å². The molecule has 3 aromatic rings. The van der Waals surface area contributed by atoms with Gasteiger partial charge in [-0.05, 0) is 48.9 Å². The summed E-state index contributed by atoms with van der Waals surface area (Å²) in [7, 11) is 0.544. The van der Waals surface area contributed by atoms with Crippen LogP contribution in [0.5, 0.6) is 11.5 Å². The molecule has 3 aromatic carbocycles. The van der Waals surface area contributed by atoms with Crippen LogP contribution in [0.2, 0.25) is 0 Å². The van der Waals surface area contributed by atoms with E-state index >= 15 is 0 Å². The molecule has 0 aliphatic rings. The quantitative estimate of drug-likeness (QED) is 0.556. The first-order valence-electron chi connectivity index (χ1n) is 9.94. The van der Waals surface area contributed by atoms with Crippen LogP contribution in [0.1, 0.15) is 28.9 Å². The minimum Gasteiger partial charge on any atom is -0.493 e. The Balaban J connectivity index is 1.77. The zero-order valence-corrected chi connectivity index (χ0v) is 19.2. The third-order valence-electron chi connectivity index (χ3n) is 5.15. The summed E-state index contributed by atoms with van der Waals surface area (Å²) in [5, 5.41) is 2.94. The lowest BCUT2D eigenvalue weighted by Crippen LogP contribution is -2.28. The maximum Gasteiger partial charge on any atom is 0.264 e. The minimum atomic E-state index is -3.84. The van der Waals surface area contributed by atoms with E-state index in [1.54, 1.807) is 30.3 Å². The smallest absolute Gasteiger partial charge is 0.264 e. The second-order valence-electron chi connectivity index (χ2n) is 7.14. The van der Waals surface area contributed by atoms with Crippen molar-refractivity contribution in [1.29, 1.82) is 0 Å². The van der Waals surface area contributed by atoms with Gasteiger partial charge in [-0.1, -0.05) is 30.3 Å².